The van der Waals surface area contributed by atoms with Gasteiger partial charge in [0.25, 0.3) is 0 Å². The van der Waals surface area contributed by atoms with E-state index in [2.05, 4.69) is 22.0 Å². The molecule has 0 radical (unpaired) electrons. The summed E-state index contributed by atoms with van der Waals surface area (Å²) in [5, 5.41) is 10.5. The molecule has 1 aliphatic heterocycles. The van der Waals surface area contributed by atoms with Crippen molar-refractivity contribution in [2.24, 2.45) is 0 Å². The summed E-state index contributed by atoms with van der Waals surface area (Å²) in [6.45, 7) is 1.31. The van der Waals surface area contributed by atoms with E-state index in [0.717, 1.165) is 41.5 Å². The molecule has 1 saturated heterocycles. The fourth-order valence-electron chi connectivity index (χ4n) is 3.08. The largest absolute Gasteiger partial charge is 0.388 e. The fourth-order valence-corrected chi connectivity index (χ4v) is 3.57. The molecule has 0 saturated carbocycles. The molecule has 0 amide bonds. The van der Waals surface area contributed by atoms with Gasteiger partial charge in [-0.25, -0.2) is 0 Å². The molecule has 1 fully saturated rings. The van der Waals surface area contributed by atoms with Gasteiger partial charge in [0.1, 0.15) is 0 Å². The van der Waals surface area contributed by atoms with Gasteiger partial charge in [-0.3, -0.25) is 0 Å². The highest BCUT2D eigenvalue weighted by atomic mass is 79.9. The Morgan fingerprint density at radius 2 is 2.04 bits per heavy atom. The van der Waals surface area contributed by atoms with Gasteiger partial charge in [0.2, 0.25) is 0 Å². The zero-order valence-electron chi connectivity index (χ0n) is 14.4. The molecule has 1 unspecified atom stereocenters. The summed E-state index contributed by atoms with van der Waals surface area (Å²) in [6.07, 6.45) is 4.22. The molecule has 1 N–H and O–H groups in total. The van der Waals surface area contributed by atoms with E-state index in [9.17, 15) is 5.11 Å². The van der Waals surface area contributed by atoms with Crippen LogP contribution >= 0.6 is 15.9 Å². The molecule has 1 aliphatic rings. The van der Waals surface area contributed by atoms with Gasteiger partial charge in [-0.1, -0.05) is 58.4 Å². The highest BCUT2D eigenvalue weighted by Crippen LogP contribution is 2.24. The van der Waals surface area contributed by atoms with E-state index >= 15 is 0 Å². The lowest BCUT2D eigenvalue weighted by Crippen LogP contribution is -2.22. The van der Waals surface area contributed by atoms with Crippen molar-refractivity contribution in [1.29, 1.82) is 0 Å². The molecule has 3 nitrogen and oxygen atoms in total. The van der Waals surface area contributed by atoms with E-state index in [0.29, 0.717) is 13.0 Å². The van der Waals surface area contributed by atoms with Crippen LogP contribution in [0, 0.1) is 0 Å². The monoisotopic (exact) mass is 404 g/mol. The van der Waals surface area contributed by atoms with Crippen LogP contribution in [-0.4, -0.2) is 18.0 Å². The van der Waals surface area contributed by atoms with Gasteiger partial charge in [-0.15, -0.1) is 0 Å². The molecule has 25 heavy (non-hydrogen) atoms. The van der Waals surface area contributed by atoms with Crippen molar-refractivity contribution >= 4 is 15.9 Å². The lowest BCUT2D eigenvalue weighted by Gasteiger charge is -2.23. The van der Waals surface area contributed by atoms with Crippen LogP contribution in [0.1, 0.15) is 48.5 Å². The third-order valence-corrected chi connectivity index (χ3v) is 5.33. The number of benzene rings is 2. The molecule has 0 bridgehead atoms. The Hall–Kier alpha value is -1.20. The Morgan fingerprint density at radius 3 is 2.84 bits per heavy atom. The lowest BCUT2D eigenvalue weighted by molar-refractivity contribution is -0.168. The second-order valence-electron chi connectivity index (χ2n) is 6.50. The summed E-state index contributed by atoms with van der Waals surface area (Å²) in [7, 11) is 0. The highest BCUT2D eigenvalue weighted by Gasteiger charge is 2.15. The second kappa shape index (κ2) is 9.48. The van der Waals surface area contributed by atoms with Gasteiger partial charge in [-0.2, -0.15) is 0 Å². The highest BCUT2D eigenvalue weighted by molar-refractivity contribution is 9.10. The van der Waals surface area contributed by atoms with Crippen LogP contribution in [0.25, 0.3) is 0 Å². The molecular formula is C21H25BrO3. The van der Waals surface area contributed by atoms with Crippen LogP contribution in [0.2, 0.25) is 0 Å². The summed E-state index contributed by atoms with van der Waals surface area (Å²) in [5.74, 6) is 0. The zero-order chi connectivity index (χ0) is 17.5. The number of ether oxygens (including phenoxy) is 2. The Labute approximate surface area is 158 Å². The van der Waals surface area contributed by atoms with Gasteiger partial charge in [0, 0.05) is 11.1 Å². The standard InChI is InChI=1S/C21H25BrO3/c22-19-9-2-1-7-17(19)11-12-20(23)18-8-5-6-16(14-18)15-25-21-10-3-4-13-24-21/h1-2,5-9,14,20-21,23H,3-4,10-13,15H2/t20?,21-/m0/s1. The molecule has 0 spiro atoms. The normalized spacial score (nSPS) is 18.9. The van der Waals surface area contributed by atoms with E-state index in [-0.39, 0.29) is 6.29 Å². The van der Waals surface area contributed by atoms with Crippen LogP contribution in [0.15, 0.2) is 53.0 Å². The van der Waals surface area contributed by atoms with E-state index in [1.54, 1.807) is 0 Å². The number of hydrogen-bond acceptors (Lipinski definition) is 3. The Bertz CT molecular complexity index is 668. The predicted octanol–water partition coefficient (Wildman–Crippen LogP) is 5.16. The van der Waals surface area contributed by atoms with Crippen LogP contribution in [0.5, 0.6) is 0 Å². The molecule has 0 aromatic heterocycles. The first-order chi connectivity index (χ1) is 12.2. The van der Waals surface area contributed by atoms with Crippen molar-refractivity contribution < 1.29 is 14.6 Å². The topological polar surface area (TPSA) is 38.7 Å². The molecule has 1 heterocycles. The SMILES string of the molecule is OC(CCc1ccccc1Br)c1cccc(CO[C@H]2CCCCO2)c1. The molecule has 0 aliphatic carbocycles. The van der Waals surface area contributed by atoms with Crippen molar-refractivity contribution in [3.63, 3.8) is 0 Å². The Balaban J connectivity index is 1.53. The maximum absolute atomic E-state index is 10.5. The summed E-state index contributed by atoms with van der Waals surface area (Å²) in [6, 6.07) is 16.2. The van der Waals surface area contributed by atoms with E-state index in [4.69, 9.17) is 9.47 Å². The van der Waals surface area contributed by atoms with E-state index in [1.807, 2.05) is 42.5 Å². The van der Waals surface area contributed by atoms with Crippen LogP contribution < -0.4 is 0 Å². The van der Waals surface area contributed by atoms with Gasteiger partial charge in [0.15, 0.2) is 6.29 Å². The first-order valence-corrected chi connectivity index (χ1v) is 9.75. The Kier molecular flexibility index (Phi) is 7.05. The number of hydrogen-bond donors (Lipinski definition) is 1. The molecule has 2 aromatic rings. The van der Waals surface area contributed by atoms with Crippen LogP contribution in [-0.2, 0) is 22.5 Å². The van der Waals surface area contributed by atoms with Crippen molar-refractivity contribution in [1.82, 2.24) is 0 Å². The third kappa shape index (κ3) is 5.65. The van der Waals surface area contributed by atoms with Crippen molar-refractivity contribution in [2.75, 3.05) is 6.61 Å². The summed E-state index contributed by atoms with van der Waals surface area (Å²) in [4.78, 5) is 0. The number of aliphatic hydroxyl groups is 1. The third-order valence-electron chi connectivity index (χ3n) is 4.55. The van der Waals surface area contributed by atoms with Crippen molar-refractivity contribution in [2.45, 2.75) is 51.1 Å². The van der Waals surface area contributed by atoms with Gasteiger partial charge in [-0.05, 0) is 54.9 Å². The summed E-state index contributed by atoms with van der Waals surface area (Å²) < 4.78 is 12.5. The quantitative estimate of drug-likeness (QED) is 0.692. The summed E-state index contributed by atoms with van der Waals surface area (Å²) >= 11 is 3.56. The van der Waals surface area contributed by atoms with Gasteiger partial charge >= 0.3 is 0 Å². The van der Waals surface area contributed by atoms with Crippen molar-refractivity contribution in [3.8, 4) is 0 Å². The second-order valence-corrected chi connectivity index (χ2v) is 7.35. The maximum Gasteiger partial charge on any atom is 0.158 e. The molecule has 134 valence electrons. The zero-order valence-corrected chi connectivity index (χ0v) is 16.0. The molecule has 2 atom stereocenters. The predicted molar refractivity (Wildman–Crippen MR) is 102 cm³/mol. The lowest BCUT2D eigenvalue weighted by atomic mass is 10.00. The summed E-state index contributed by atoms with van der Waals surface area (Å²) in [5.41, 5.74) is 3.24. The van der Waals surface area contributed by atoms with Gasteiger partial charge in [0.05, 0.1) is 12.7 Å². The molecule has 2 aromatic carbocycles. The van der Waals surface area contributed by atoms with E-state index < -0.39 is 6.10 Å². The Morgan fingerprint density at radius 1 is 1.16 bits per heavy atom. The first-order valence-electron chi connectivity index (χ1n) is 8.96. The minimum absolute atomic E-state index is 0.0854. The average Bonchev–Trinajstić information content (AvgIpc) is 2.66. The van der Waals surface area contributed by atoms with Crippen LogP contribution in [0.4, 0.5) is 0 Å². The molecular weight excluding hydrogens is 380 g/mol. The molecule has 3 rings (SSSR count). The number of aliphatic hydroxyl groups excluding tert-OH is 1. The number of halogens is 1. The first kappa shape index (κ1) is 18.6. The fraction of sp³-hybridized carbons (Fsp3) is 0.429. The number of aryl methyl sites for hydroxylation is 1. The van der Waals surface area contributed by atoms with Crippen LogP contribution in [0.3, 0.4) is 0 Å². The van der Waals surface area contributed by atoms with Gasteiger partial charge < -0.3 is 14.6 Å². The smallest absolute Gasteiger partial charge is 0.158 e. The molecule has 4 heteroatoms. The minimum Gasteiger partial charge on any atom is -0.388 e. The van der Waals surface area contributed by atoms with E-state index in [1.165, 1.54) is 12.0 Å². The minimum atomic E-state index is -0.474. The van der Waals surface area contributed by atoms with Crippen molar-refractivity contribution in [3.05, 3.63) is 69.7 Å². The maximum atomic E-state index is 10.5. The average molecular weight is 405 g/mol. The number of rotatable bonds is 7.